The number of hydrogen-bond acceptors (Lipinski definition) is 1. The van der Waals surface area contributed by atoms with Gasteiger partial charge in [-0.05, 0) is 63.0 Å². The first kappa shape index (κ1) is 12.4. The molecule has 1 aromatic carbocycles. The molecule has 1 heterocycles. The van der Waals surface area contributed by atoms with Crippen molar-refractivity contribution < 1.29 is 0 Å². The Morgan fingerprint density at radius 3 is 2.94 bits per heavy atom. The average molecular weight is 248 g/mol. The molecule has 1 fully saturated rings. The van der Waals surface area contributed by atoms with Crippen LogP contribution in [-0.4, -0.2) is 22.6 Å². The molecule has 0 saturated carbocycles. The van der Waals surface area contributed by atoms with Crippen molar-refractivity contribution in [3.63, 3.8) is 0 Å². The van der Waals surface area contributed by atoms with Crippen molar-refractivity contribution in [1.82, 2.24) is 4.90 Å². The molecule has 1 atom stereocenters. The summed E-state index contributed by atoms with van der Waals surface area (Å²) in [4.78, 5) is 2.31. The SMILES string of the molecule is Cc1cccc(NC(=S)N2CCCCC2C)c1. The van der Waals surface area contributed by atoms with Crippen LogP contribution in [-0.2, 0) is 0 Å². The Hall–Kier alpha value is -1.09. The number of benzene rings is 1. The van der Waals surface area contributed by atoms with Gasteiger partial charge in [-0.1, -0.05) is 12.1 Å². The quantitative estimate of drug-likeness (QED) is 0.765. The molecular formula is C14H20N2S. The van der Waals surface area contributed by atoms with Crippen molar-refractivity contribution in [2.75, 3.05) is 11.9 Å². The van der Waals surface area contributed by atoms with E-state index in [-0.39, 0.29) is 0 Å². The zero-order chi connectivity index (χ0) is 12.3. The van der Waals surface area contributed by atoms with E-state index < -0.39 is 0 Å². The van der Waals surface area contributed by atoms with Gasteiger partial charge in [0.15, 0.2) is 5.11 Å². The van der Waals surface area contributed by atoms with Crippen molar-refractivity contribution in [3.8, 4) is 0 Å². The molecule has 1 saturated heterocycles. The Morgan fingerprint density at radius 2 is 2.24 bits per heavy atom. The smallest absolute Gasteiger partial charge is 0.173 e. The Balaban J connectivity index is 2.01. The molecule has 1 aliphatic rings. The first-order valence-electron chi connectivity index (χ1n) is 6.31. The second-order valence-corrected chi connectivity index (χ2v) is 5.22. The molecule has 0 amide bonds. The highest BCUT2D eigenvalue weighted by Crippen LogP contribution is 2.18. The number of hydrogen-bond donors (Lipinski definition) is 1. The van der Waals surface area contributed by atoms with Gasteiger partial charge in [0.05, 0.1) is 0 Å². The minimum absolute atomic E-state index is 0.563. The summed E-state index contributed by atoms with van der Waals surface area (Å²) in [6, 6.07) is 8.90. The lowest BCUT2D eigenvalue weighted by molar-refractivity contribution is 0.262. The highest BCUT2D eigenvalue weighted by Gasteiger charge is 2.20. The van der Waals surface area contributed by atoms with Gasteiger partial charge in [-0.3, -0.25) is 0 Å². The monoisotopic (exact) mass is 248 g/mol. The Kier molecular flexibility index (Phi) is 4.00. The second kappa shape index (κ2) is 5.50. The maximum absolute atomic E-state index is 5.49. The maximum Gasteiger partial charge on any atom is 0.173 e. The third-order valence-corrected chi connectivity index (χ3v) is 3.67. The highest BCUT2D eigenvalue weighted by atomic mass is 32.1. The van der Waals surface area contributed by atoms with Crippen LogP contribution in [0.15, 0.2) is 24.3 Å². The van der Waals surface area contributed by atoms with Crippen LogP contribution in [0.1, 0.15) is 31.7 Å². The van der Waals surface area contributed by atoms with Gasteiger partial charge in [0.1, 0.15) is 0 Å². The predicted octanol–water partition coefficient (Wildman–Crippen LogP) is 3.57. The van der Waals surface area contributed by atoms with Crippen LogP contribution in [0.3, 0.4) is 0 Å². The zero-order valence-electron chi connectivity index (χ0n) is 10.6. The van der Waals surface area contributed by atoms with Crippen LogP contribution < -0.4 is 5.32 Å². The molecule has 3 heteroatoms. The number of likely N-dealkylation sites (tertiary alicyclic amines) is 1. The van der Waals surface area contributed by atoms with E-state index in [4.69, 9.17) is 12.2 Å². The molecule has 1 aromatic rings. The van der Waals surface area contributed by atoms with Crippen LogP contribution >= 0.6 is 12.2 Å². The largest absolute Gasteiger partial charge is 0.346 e. The van der Waals surface area contributed by atoms with Crippen LogP contribution in [0.4, 0.5) is 5.69 Å². The summed E-state index contributed by atoms with van der Waals surface area (Å²) < 4.78 is 0. The Labute approximate surface area is 109 Å². The van der Waals surface area contributed by atoms with E-state index in [1.54, 1.807) is 0 Å². The van der Waals surface area contributed by atoms with Gasteiger partial charge in [0.25, 0.3) is 0 Å². The van der Waals surface area contributed by atoms with E-state index in [0.717, 1.165) is 17.3 Å². The highest BCUT2D eigenvalue weighted by molar-refractivity contribution is 7.80. The predicted molar refractivity (Wildman–Crippen MR) is 77.4 cm³/mol. The molecule has 1 aliphatic heterocycles. The Bertz CT molecular complexity index is 403. The van der Waals surface area contributed by atoms with Gasteiger partial charge < -0.3 is 10.2 Å². The maximum atomic E-state index is 5.49. The summed E-state index contributed by atoms with van der Waals surface area (Å²) in [5, 5.41) is 4.20. The van der Waals surface area contributed by atoms with Gasteiger partial charge in [-0.25, -0.2) is 0 Å². The summed E-state index contributed by atoms with van der Waals surface area (Å²) in [5.74, 6) is 0. The van der Waals surface area contributed by atoms with E-state index in [9.17, 15) is 0 Å². The number of nitrogens with zero attached hydrogens (tertiary/aromatic N) is 1. The third-order valence-electron chi connectivity index (χ3n) is 3.33. The summed E-state index contributed by atoms with van der Waals surface area (Å²) in [5.41, 5.74) is 2.34. The number of anilines is 1. The number of thiocarbonyl (C=S) groups is 1. The van der Waals surface area contributed by atoms with Crippen LogP contribution in [0.25, 0.3) is 0 Å². The number of rotatable bonds is 1. The summed E-state index contributed by atoms with van der Waals surface area (Å²) in [7, 11) is 0. The minimum atomic E-state index is 0.563. The summed E-state index contributed by atoms with van der Waals surface area (Å²) in [6.45, 7) is 5.43. The lowest BCUT2D eigenvalue weighted by Gasteiger charge is -2.35. The number of piperidine rings is 1. The van der Waals surface area contributed by atoms with Gasteiger partial charge in [0, 0.05) is 18.3 Å². The van der Waals surface area contributed by atoms with Gasteiger partial charge >= 0.3 is 0 Å². The number of nitrogens with one attached hydrogen (secondary N) is 1. The van der Waals surface area contributed by atoms with Crippen molar-refractivity contribution in [3.05, 3.63) is 29.8 Å². The molecule has 2 nitrogen and oxygen atoms in total. The fourth-order valence-electron chi connectivity index (χ4n) is 2.32. The van der Waals surface area contributed by atoms with Crippen LogP contribution in [0.5, 0.6) is 0 Å². The molecule has 92 valence electrons. The molecule has 0 spiro atoms. The van der Waals surface area contributed by atoms with E-state index in [1.165, 1.54) is 24.8 Å². The zero-order valence-corrected chi connectivity index (χ0v) is 11.4. The van der Waals surface area contributed by atoms with Gasteiger partial charge in [-0.2, -0.15) is 0 Å². The lowest BCUT2D eigenvalue weighted by Crippen LogP contribution is -2.44. The molecule has 0 bridgehead atoms. The summed E-state index contributed by atoms with van der Waals surface area (Å²) >= 11 is 5.49. The van der Waals surface area contributed by atoms with E-state index >= 15 is 0 Å². The average Bonchev–Trinajstić information content (AvgIpc) is 2.29. The van der Waals surface area contributed by atoms with Crippen molar-refractivity contribution in [2.24, 2.45) is 0 Å². The number of aryl methyl sites for hydroxylation is 1. The van der Waals surface area contributed by atoms with Crippen molar-refractivity contribution >= 4 is 23.0 Å². The van der Waals surface area contributed by atoms with Gasteiger partial charge in [-0.15, -0.1) is 0 Å². The molecule has 2 rings (SSSR count). The van der Waals surface area contributed by atoms with Gasteiger partial charge in [0.2, 0.25) is 0 Å². The van der Waals surface area contributed by atoms with Crippen LogP contribution in [0.2, 0.25) is 0 Å². The summed E-state index contributed by atoms with van der Waals surface area (Å²) in [6.07, 6.45) is 3.82. The molecule has 1 unspecified atom stereocenters. The first-order chi connectivity index (χ1) is 8.16. The fourth-order valence-corrected chi connectivity index (χ4v) is 2.71. The first-order valence-corrected chi connectivity index (χ1v) is 6.72. The minimum Gasteiger partial charge on any atom is -0.346 e. The lowest BCUT2D eigenvalue weighted by atomic mass is 10.0. The second-order valence-electron chi connectivity index (χ2n) is 4.84. The molecule has 0 radical (unpaired) electrons. The fraction of sp³-hybridized carbons (Fsp3) is 0.500. The third kappa shape index (κ3) is 3.19. The van der Waals surface area contributed by atoms with E-state index in [0.29, 0.717) is 6.04 Å². The Morgan fingerprint density at radius 1 is 1.41 bits per heavy atom. The van der Waals surface area contributed by atoms with Crippen LogP contribution in [0, 0.1) is 6.92 Å². The molecular weight excluding hydrogens is 228 g/mol. The standard InChI is InChI=1S/C14H20N2S/c1-11-6-5-8-13(10-11)15-14(17)16-9-4-3-7-12(16)2/h5-6,8,10,12H,3-4,7,9H2,1-2H3,(H,15,17). The van der Waals surface area contributed by atoms with Crippen molar-refractivity contribution in [1.29, 1.82) is 0 Å². The molecule has 1 N–H and O–H groups in total. The molecule has 17 heavy (non-hydrogen) atoms. The normalized spacial score (nSPS) is 20.1. The molecule has 0 aromatic heterocycles. The van der Waals surface area contributed by atoms with Crippen molar-refractivity contribution in [2.45, 2.75) is 39.2 Å². The molecule has 0 aliphatic carbocycles. The topological polar surface area (TPSA) is 15.3 Å². The van der Waals surface area contributed by atoms with E-state index in [1.807, 2.05) is 0 Å². The van der Waals surface area contributed by atoms with E-state index in [2.05, 4.69) is 48.3 Å².